The summed E-state index contributed by atoms with van der Waals surface area (Å²) in [6.45, 7) is 2.12. The molecule has 1 N–H and O–H groups in total. The Morgan fingerprint density at radius 3 is 2.83 bits per heavy atom. The van der Waals surface area contributed by atoms with Crippen LogP contribution < -0.4 is 4.74 Å². The van der Waals surface area contributed by atoms with E-state index in [0.29, 0.717) is 5.92 Å². The molecule has 0 aromatic carbocycles. The number of aromatic nitrogens is 1. The summed E-state index contributed by atoms with van der Waals surface area (Å²) in [6.07, 6.45) is 4.39. The number of rotatable bonds is 3. The van der Waals surface area contributed by atoms with E-state index in [4.69, 9.17) is 21.4 Å². The minimum absolute atomic E-state index is 0.0304. The van der Waals surface area contributed by atoms with Crippen molar-refractivity contribution in [3.8, 4) is 5.88 Å². The van der Waals surface area contributed by atoms with Gasteiger partial charge in [0.15, 0.2) is 0 Å². The van der Waals surface area contributed by atoms with E-state index in [1.807, 2.05) is 0 Å². The molecule has 0 spiro atoms. The molecule has 0 radical (unpaired) electrons. The maximum Gasteiger partial charge on any atom is 0.341 e. The van der Waals surface area contributed by atoms with Gasteiger partial charge in [0, 0.05) is 0 Å². The van der Waals surface area contributed by atoms with Crippen molar-refractivity contribution in [3.05, 3.63) is 22.8 Å². The van der Waals surface area contributed by atoms with Crippen LogP contribution in [0.3, 0.4) is 0 Å². The van der Waals surface area contributed by atoms with Crippen LogP contribution in [0.5, 0.6) is 5.88 Å². The fourth-order valence-electron chi connectivity index (χ4n) is 2.27. The predicted octanol–water partition coefficient (Wildman–Crippen LogP) is 3.39. The summed E-state index contributed by atoms with van der Waals surface area (Å²) < 4.78 is 5.76. The van der Waals surface area contributed by atoms with E-state index in [1.165, 1.54) is 18.6 Å². The number of nitrogens with zero attached hydrogens (tertiary/aromatic N) is 1. The van der Waals surface area contributed by atoms with Gasteiger partial charge in [0.05, 0.1) is 0 Å². The van der Waals surface area contributed by atoms with Gasteiger partial charge in [-0.15, -0.1) is 0 Å². The molecule has 1 fully saturated rings. The van der Waals surface area contributed by atoms with E-state index in [-0.39, 0.29) is 22.7 Å². The number of hydrogen-bond donors (Lipinski definition) is 1. The average Bonchev–Trinajstić information content (AvgIpc) is 2.32. The number of aromatic carboxylic acids is 1. The van der Waals surface area contributed by atoms with Gasteiger partial charge >= 0.3 is 5.97 Å². The third-order valence-corrected chi connectivity index (χ3v) is 3.56. The van der Waals surface area contributed by atoms with Gasteiger partial charge in [-0.3, -0.25) is 0 Å². The summed E-state index contributed by atoms with van der Waals surface area (Å²) in [5.41, 5.74) is 0.0668. The topological polar surface area (TPSA) is 59.4 Å². The largest absolute Gasteiger partial charge is 0.477 e. The van der Waals surface area contributed by atoms with Gasteiger partial charge in [0.25, 0.3) is 0 Å². The van der Waals surface area contributed by atoms with E-state index in [1.54, 1.807) is 0 Å². The van der Waals surface area contributed by atoms with Crippen molar-refractivity contribution in [3.63, 3.8) is 0 Å². The smallest absolute Gasteiger partial charge is 0.341 e. The minimum atomic E-state index is -1.04. The molecule has 1 aliphatic carbocycles. The molecule has 1 saturated carbocycles. The summed E-state index contributed by atoms with van der Waals surface area (Å²) >= 11 is 5.79. The molecule has 5 heteroatoms. The Morgan fingerprint density at radius 2 is 2.17 bits per heavy atom. The first kappa shape index (κ1) is 13.1. The van der Waals surface area contributed by atoms with Gasteiger partial charge in [-0.25, -0.2) is 9.78 Å². The molecule has 0 bridgehead atoms. The second-order valence-electron chi connectivity index (χ2n) is 4.71. The lowest BCUT2D eigenvalue weighted by Gasteiger charge is -2.29. The molecule has 98 valence electrons. The van der Waals surface area contributed by atoms with Crippen molar-refractivity contribution in [1.82, 2.24) is 4.98 Å². The van der Waals surface area contributed by atoms with Crippen LogP contribution in [0.15, 0.2) is 12.1 Å². The average molecular weight is 270 g/mol. The zero-order valence-electron chi connectivity index (χ0n) is 10.2. The third-order valence-electron chi connectivity index (χ3n) is 3.35. The Hall–Kier alpha value is -1.29. The zero-order valence-corrected chi connectivity index (χ0v) is 11.0. The molecule has 2 unspecified atom stereocenters. The molecule has 0 amide bonds. The van der Waals surface area contributed by atoms with Crippen LogP contribution in [-0.4, -0.2) is 22.2 Å². The Labute approximate surface area is 111 Å². The maximum absolute atomic E-state index is 11.1. The summed E-state index contributed by atoms with van der Waals surface area (Å²) in [5, 5.41) is 9.34. The van der Waals surface area contributed by atoms with Crippen molar-refractivity contribution in [2.24, 2.45) is 5.92 Å². The predicted molar refractivity (Wildman–Crippen MR) is 68.3 cm³/mol. The summed E-state index contributed by atoms with van der Waals surface area (Å²) in [7, 11) is 0. The fraction of sp³-hybridized carbons (Fsp3) is 0.538. The maximum atomic E-state index is 11.1. The number of carboxylic acids is 1. The van der Waals surface area contributed by atoms with Gasteiger partial charge in [0.1, 0.15) is 16.8 Å². The molecule has 2 rings (SSSR count). The molecule has 18 heavy (non-hydrogen) atoms. The van der Waals surface area contributed by atoms with E-state index in [2.05, 4.69) is 11.9 Å². The Bertz CT molecular complexity index is 450. The van der Waals surface area contributed by atoms with Crippen molar-refractivity contribution in [2.75, 3.05) is 0 Å². The highest BCUT2D eigenvalue weighted by atomic mass is 35.5. The number of carbonyl (C=O) groups is 1. The van der Waals surface area contributed by atoms with Crippen LogP contribution in [0, 0.1) is 5.92 Å². The molecule has 0 saturated heterocycles. The van der Waals surface area contributed by atoms with E-state index in [0.717, 1.165) is 19.3 Å². The standard InChI is InChI=1S/C13H16ClNO3/c1-8-4-2-3-5-10(8)18-12-9(13(16)17)6-7-11(14)15-12/h6-8,10H,2-5H2,1H3,(H,16,17). The van der Waals surface area contributed by atoms with Crippen LogP contribution in [-0.2, 0) is 0 Å². The monoisotopic (exact) mass is 269 g/mol. The molecular weight excluding hydrogens is 254 g/mol. The van der Waals surface area contributed by atoms with Crippen molar-refractivity contribution in [1.29, 1.82) is 0 Å². The van der Waals surface area contributed by atoms with Crippen molar-refractivity contribution >= 4 is 17.6 Å². The Kier molecular flexibility index (Phi) is 4.07. The van der Waals surface area contributed by atoms with Gasteiger partial charge in [-0.1, -0.05) is 24.9 Å². The Balaban J connectivity index is 2.21. The van der Waals surface area contributed by atoms with E-state index < -0.39 is 5.97 Å². The lowest BCUT2D eigenvalue weighted by Crippen LogP contribution is -2.29. The lowest BCUT2D eigenvalue weighted by molar-refractivity contribution is 0.0667. The number of ether oxygens (including phenoxy) is 1. The number of halogens is 1. The van der Waals surface area contributed by atoms with Gasteiger partial charge in [0.2, 0.25) is 5.88 Å². The highest BCUT2D eigenvalue weighted by Crippen LogP contribution is 2.29. The first-order chi connectivity index (χ1) is 8.58. The third kappa shape index (κ3) is 2.93. The molecule has 4 nitrogen and oxygen atoms in total. The normalized spacial score (nSPS) is 23.7. The Morgan fingerprint density at radius 1 is 1.44 bits per heavy atom. The van der Waals surface area contributed by atoms with Crippen molar-refractivity contribution < 1.29 is 14.6 Å². The molecule has 1 aromatic heterocycles. The number of pyridine rings is 1. The van der Waals surface area contributed by atoms with Crippen LogP contribution in [0.1, 0.15) is 43.0 Å². The van der Waals surface area contributed by atoms with Crippen LogP contribution in [0.25, 0.3) is 0 Å². The second kappa shape index (κ2) is 5.57. The number of hydrogen-bond acceptors (Lipinski definition) is 3. The molecule has 0 aliphatic heterocycles. The molecule has 2 atom stereocenters. The SMILES string of the molecule is CC1CCCCC1Oc1nc(Cl)ccc1C(=O)O. The van der Waals surface area contributed by atoms with E-state index in [9.17, 15) is 4.79 Å². The van der Waals surface area contributed by atoms with Crippen molar-refractivity contribution in [2.45, 2.75) is 38.7 Å². The first-order valence-corrected chi connectivity index (χ1v) is 6.52. The molecule has 1 aliphatic rings. The summed E-state index contributed by atoms with van der Waals surface area (Å²) in [6, 6.07) is 2.89. The van der Waals surface area contributed by atoms with Crippen LogP contribution >= 0.6 is 11.6 Å². The molecular formula is C13H16ClNO3. The highest BCUT2D eigenvalue weighted by molar-refractivity contribution is 6.29. The zero-order chi connectivity index (χ0) is 13.1. The molecule has 1 aromatic rings. The van der Waals surface area contributed by atoms with Gasteiger partial charge in [-0.05, 0) is 37.3 Å². The lowest BCUT2D eigenvalue weighted by atomic mass is 9.88. The van der Waals surface area contributed by atoms with E-state index >= 15 is 0 Å². The van der Waals surface area contributed by atoms with Gasteiger partial charge in [-0.2, -0.15) is 0 Å². The fourth-order valence-corrected chi connectivity index (χ4v) is 2.41. The minimum Gasteiger partial charge on any atom is -0.477 e. The van der Waals surface area contributed by atoms with Crippen LogP contribution in [0.4, 0.5) is 0 Å². The summed E-state index contributed by atoms with van der Waals surface area (Å²) in [5.74, 6) is -0.493. The highest BCUT2D eigenvalue weighted by Gasteiger charge is 2.25. The first-order valence-electron chi connectivity index (χ1n) is 6.14. The van der Waals surface area contributed by atoms with Crippen LogP contribution in [0.2, 0.25) is 5.15 Å². The quantitative estimate of drug-likeness (QED) is 0.855. The second-order valence-corrected chi connectivity index (χ2v) is 5.10. The molecule has 1 heterocycles. The van der Waals surface area contributed by atoms with Gasteiger partial charge < -0.3 is 9.84 Å². The number of carboxylic acid groups (broad SMARTS) is 1. The summed E-state index contributed by atoms with van der Waals surface area (Å²) in [4.78, 5) is 15.1.